The van der Waals surface area contributed by atoms with Crippen LogP contribution in [-0.4, -0.2) is 9.91 Å². The molecule has 2 rings (SSSR count). The van der Waals surface area contributed by atoms with Crippen molar-refractivity contribution in [1.82, 2.24) is 4.98 Å². The maximum atomic E-state index is 10.8. The molecule has 0 aliphatic carbocycles. The average Bonchev–Trinajstić information content (AvgIpc) is 2.72. The van der Waals surface area contributed by atoms with Gasteiger partial charge in [-0.1, -0.05) is 11.6 Å². The number of nitro groups is 1. The van der Waals surface area contributed by atoms with Gasteiger partial charge in [0.2, 0.25) is 5.89 Å². The number of rotatable bonds is 4. The average molecular weight is 268 g/mol. The number of nitrogens with one attached hydrogen (secondary N) is 1. The molecule has 1 N–H and O–H groups in total. The summed E-state index contributed by atoms with van der Waals surface area (Å²) in [6.45, 7) is 2.04. The number of halogens is 1. The molecule has 6 nitrogen and oxygen atoms in total. The number of aromatic nitrogens is 1. The highest BCUT2D eigenvalue weighted by Gasteiger charge is 2.14. The Bertz CT molecular complexity index is 583. The molecule has 0 radical (unpaired) electrons. The van der Waals surface area contributed by atoms with Crippen LogP contribution in [0.5, 0.6) is 0 Å². The fourth-order valence-electron chi connectivity index (χ4n) is 1.46. The molecule has 1 aromatic carbocycles. The zero-order valence-corrected chi connectivity index (χ0v) is 10.3. The Labute approximate surface area is 108 Å². The number of nitrogens with zero attached hydrogens (tertiary/aromatic N) is 2. The summed E-state index contributed by atoms with van der Waals surface area (Å²) in [7, 11) is 0. The molecule has 1 heterocycles. The third-order valence-electron chi connectivity index (χ3n) is 2.25. The second-order valence-corrected chi connectivity index (χ2v) is 4.07. The monoisotopic (exact) mass is 267 g/mol. The lowest BCUT2D eigenvalue weighted by molar-refractivity contribution is -0.384. The first kappa shape index (κ1) is 12.4. The van der Waals surface area contributed by atoms with Gasteiger partial charge in [0.1, 0.15) is 11.4 Å². The van der Waals surface area contributed by atoms with E-state index in [9.17, 15) is 10.1 Å². The second-order valence-electron chi connectivity index (χ2n) is 3.64. The van der Waals surface area contributed by atoms with Crippen molar-refractivity contribution >= 4 is 23.0 Å². The SMILES string of the molecule is Cc1cnc(CNc2cc(Cl)ccc2[N+](=O)[O-])o1. The summed E-state index contributed by atoms with van der Waals surface area (Å²) < 4.78 is 5.26. The van der Waals surface area contributed by atoms with Crippen LogP contribution in [0.25, 0.3) is 0 Å². The normalized spacial score (nSPS) is 10.3. The van der Waals surface area contributed by atoms with Gasteiger partial charge in [-0.15, -0.1) is 0 Å². The second kappa shape index (κ2) is 5.05. The molecule has 94 valence electrons. The van der Waals surface area contributed by atoms with Crippen LogP contribution in [0, 0.1) is 17.0 Å². The molecule has 0 aliphatic rings. The van der Waals surface area contributed by atoms with E-state index in [0.717, 1.165) is 0 Å². The van der Waals surface area contributed by atoms with Gasteiger partial charge in [0.25, 0.3) is 5.69 Å². The van der Waals surface area contributed by atoms with E-state index < -0.39 is 4.92 Å². The first-order valence-corrected chi connectivity index (χ1v) is 5.53. The number of aryl methyl sites for hydroxylation is 1. The molecule has 0 saturated heterocycles. The molecule has 0 aliphatic heterocycles. The predicted octanol–water partition coefficient (Wildman–Crippen LogP) is 3.16. The number of hydrogen-bond donors (Lipinski definition) is 1. The summed E-state index contributed by atoms with van der Waals surface area (Å²) >= 11 is 5.81. The Morgan fingerprint density at radius 3 is 2.94 bits per heavy atom. The highest BCUT2D eigenvalue weighted by molar-refractivity contribution is 6.31. The minimum absolute atomic E-state index is 0.0392. The molecule has 0 spiro atoms. The van der Waals surface area contributed by atoms with Crippen molar-refractivity contribution in [2.45, 2.75) is 13.5 Å². The van der Waals surface area contributed by atoms with Crippen molar-refractivity contribution in [3.05, 3.63) is 51.2 Å². The molecule has 0 fully saturated rings. The molecule has 18 heavy (non-hydrogen) atoms. The molecule has 0 saturated carbocycles. The zero-order chi connectivity index (χ0) is 13.1. The Morgan fingerprint density at radius 2 is 2.33 bits per heavy atom. The molecule has 0 bridgehead atoms. The number of hydrogen-bond acceptors (Lipinski definition) is 5. The van der Waals surface area contributed by atoms with Crippen molar-refractivity contribution < 1.29 is 9.34 Å². The third kappa shape index (κ3) is 2.78. The van der Waals surface area contributed by atoms with Gasteiger partial charge in [-0.05, 0) is 19.1 Å². The van der Waals surface area contributed by atoms with Gasteiger partial charge in [-0.25, -0.2) is 4.98 Å². The Kier molecular flexibility index (Phi) is 3.47. The smallest absolute Gasteiger partial charge is 0.292 e. The summed E-state index contributed by atoms with van der Waals surface area (Å²) in [4.78, 5) is 14.4. The highest BCUT2D eigenvalue weighted by atomic mass is 35.5. The summed E-state index contributed by atoms with van der Waals surface area (Å²) in [5.41, 5.74) is 0.297. The predicted molar refractivity (Wildman–Crippen MR) is 66.7 cm³/mol. The molecular formula is C11H10ClN3O3. The van der Waals surface area contributed by atoms with E-state index in [1.807, 2.05) is 0 Å². The Morgan fingerprint density at radius 1 is 1.56 bits per heavy atom. The minimum atomic E-state index is -0.473. The van der Waals surface area contributed by atoms with E-state index in [4.69, 9.17) is 16.0 Å². The molecule has 0 atom stereocenters. The van der Waals surface area contributed by atoms with Gasteiger partial charge < -0.3 is 9.73 Å². The lowest BCUT2D eigenvalue weighted by Crippen LogP contribution is -2.02. The van der Waals surface area contributed by atoms with Crippen LogP contribution >= 0.6 is 11.6 Å². The van der Waals surface area contributed by atoms with E-state index in [1.165, 1.54) is 18.2 Å². The maximum absolute atomic E-state index is 10.8. The van der Waals surface area contributed by atoms with Gasteiger partial charge in [-0.2, -0.15) is 0 Å². The number of benzene rings is 1. The van der Waals surface area contributed by atoms with Gasteiger partial charge in [0.15, 0.2) is 0 Å². The van der Waals surface area contributed by atoms with Crippen LogP contribution in [0.3, 0.4) is 0 Å². The fraction of sp³-hybridized carbons (Fsp3) is 0.182. The number of anilines is 1. The fourth-order valence-corrected chi connectivity index (χ4v) is 1.64. The van der Waals surface area contributed by atoms with Crippen LogP contribution in [0.15, 0.2) is 28.8 Å². The number of nitro benzene ring substituents is 1. The first-order chi connectivity index (χ1) is 8.56. The molecular weight excluding hydrogens is 258 g/mol. The highest BCUT2D eigenvalue weighted by Crippen LogP contribution is 2.27. The summed E-state index contributed by atoms with van der Waals surface area (Å²) in [6, 6.07) is 4.32. The lowest BCUT2D eigenvalue weighted by atomic mass is 10.2. The minimum Gasteiger partial charge on any atom is -0.444 e. The maximum Gasteiger partial charge on any atom is 0.292 e. The van der Waals surface area contributed by atoms with Crippen molar-refractivity contribution in [2.75, 3.05) is 5.32 Å². The van der Waals surface area contributed by atoms with Gasteiger partial charge >= 0.3 is 0 Å². The van der Waals surface area contributed by atoms with Gasteiger partial charge in [0.05, 0.1) is 17.7 Å². The van der Waals surface area contributed by atoms with Crippen LogP contribution in [-0.2, 0) is 6.54 Å². The standard InChI is InChI=1S/C11H10ClN3O3/c1-7-5-14-11(18-7)6-13-9-4-8(12)2-3-10(9)15(16)17/h2-5,13H,6H2,1H3. The van der Waals surface area contributed by atoms with E-state index in [1.54, 1.807) is 13.1 Å². The lowest BCUT2D eigenvalue weighted by Gasteiger charge is -2.05. The molecule has 1 aromatic heterocycles. The van der Waals surface area contributed by atoms with E-state index in [-0.39, 0.29) is 12.2 Å². The van der Waals surface area contributed by atoms with E-state index in [2.05, 4.69) is 10.3 Å². The quantitative estimate of drug-likeness (QED) is 0.680. The van der Waals surface area contributed by atoms with Crippen molar-refractivity contribution in [2.24, 2.45) is 0 Å². The van der Waals surface area contributed by atoms with Crippen molar-refractivity contribution in [3.8, 4) is 0 Å². The van der Waals surface area contributed by atoms with Crippen LogP contribution < -0.4 is 5.32 Å². The van der Waals surface area contributed by atoms with Crippen molar-refractivity contribution in [3.63, 3.8) is 0 Å². The first-order valence-electron chi connectivity index (χ1n) is 5.15. The molecule has 0 unspecified atom stereocenters. The molecule has 0 amide bonds. The molecule has 7 heteroatoms. The third-order valence-corrected chi connectivity index (χ3v) is 2.49. The van der Waals surface area contributed by atoms with Crippen LogP contribution in [0.1, 0.15) is 11.7 Å². The van der Waals surface area contributed by atoms with Crippen LogP contribution in [0.2, 0.25) is 5.02 Å². The van der Waals surface area contributed by atoms with E-state index >= 15 is 0 Å². The molecule has 2 aromatic rings. The van der Waals surface area contributed by atoms with Gasteiger partial charge in [0, 0.05) is 11.1 Å². The Hall–Kier alpha value is -2.08. The number of oxazole rings is 1. The van der Waals surface area contributed by atoms with Crippen LogP contribution in [0.4, 0.5) is 11.4 Å². The largest absolute Gasteiger partial charge is 0.444 e. The topological polar surface area (TPSA) is 81.2 Å². The summed E-state index contributed by atoms with van der Waals surface area (Å²) in [5, 5.41) is 14.1. The van der Waals surface area contributed by atoms with Gasteiger partial charge in [-0.3, -0.25) is 10.1 Å². The summed E-state index contributed by atoms with van der Waals surface area (Å²) in [6.07, 6.45) is 1.59. The Balaban J connectivity index is 2.17. The van der Waals surface area contributed by atoms with Crippen molar-refractivity contribution in [1.29, 1.82) is 0 Å². The van der Waals surface area contributed by atoms with E-state index in [0.29, 0.717) is 22.4 Å². The summed E-state index contributed by atoms with van der Waals surface area (Å²) in [5.74, 6) is 1.15. The zero-order valence-electron chi connectivity index (χ0n) is 9.51.